The van der Waals surface area contributed by atoms with Gasteiger partial charge in [-0.25, -0.2) is 14.4 Å². The summed E-state index contributed by atoms with van der Waals surface area (Å²) in [4.78, 5) is 30.4. The van der Waals surface area contributed by atoms with Crippen molar-refractivity contribution >= 4 is 17.9 Å². The molecule has 0 aliphatic heterocycles. The van der Waals surface area contributed by atoms with Crippen molar-refractivity contribution < 1.29 is 91.0 Å². The van der Waals surface area contributed by atoms with E-state index in [0.29, 0.717) is 0 Å². The van der Waals surface area contributed by atoms with Gasteiger partial charge in [0, 0.05) is 19.6 Å². The smallest absolute Gasteiger partial charge is 0.335 e. The number of rotatable bonds is 15. The van der Waals surface area contributed by atoms with E-state index in [1.165, 1.54) is 0 Å². The van der Waals surface area contributed by atoms with Gasteiger partial charge in [0.15, 0.2) is 18.3 Å². The van der Waals surface area contributed by atoms with Crippen LogP contribution >= 0.6 is 0 Å². The number of hydrogen-bond donors (Lipinski definition) is 18. The topological polar surface area (TPSA) is 433 Å². The first kappa shape index (κ1) is 41.3. The van der Waals surface area contributed by atoms with Crippen molar-refractivity contribution in [3.8, 4) is 0 Å². The lowest BCUT2D eigenvalue weighted by molar-refractivity contribution is -0.163. The minimum absolute atomic E-state index is 0.343. The first-order valence-electron chi connectivity index (χ1n) is 10.7. The second kappa shape index (κ2) is 20.7. The van der Waals surface area contributed by atoms with Crippen molar-refractivity contribution in [2.45, 2.75) is 73.2 Å². The molecule has 0 aromatic carbocycles. The molecular formula is C18H39N3O18. The van der Waals surface area contributed by atoms with E-state index in [2.05, 4.69) is 0 Å². The van der Waals surface area contributed by atoms with Crippen LogP contribution in [0.2, 0.25) is 0 Å². The predicted molar refractivity (Wildman–Crippen MR) is 122 cm³/mol. The lowest BCUT2D eigenvalue weighted by Gasteiger charge is -2.23. The maximum absolute atomic E-state index is 10.1. The predicted octanol–water partition coefficient (Wildman–Crippen LogP) is -10.6. The molecule has 21 heteroatoms. The summed E-state index contributed by atoms with van der Waals surface area (Å²) < 4.78 is 0. The molecule has 0 aromatic heterocycles. The summed E-state index contributed by atoms with van der Waals surface area (Å²) >= 11 is 0. The summed E-state index contributed by atoms with van der Waals surface area (Å²) in [6.07, 6.45) is -22.1. The second-order valence-corrected chi connectivity index (χ2v) is 7.70. The van der Waals surface area contributed by atoms with Gasteiger partial charge < -0.3 is 93.8 Å². The molecule has 0 spiro atoms. The van der Waals surface area contributed by atoms with Gasteiger partial charge in [0.25, 0.3) is 0 Å². The third kappa shape index (κ3) is 15.2. The van der Waals surface area contributed by atoms with Gasteiger partial charge in [0.05, 0.1) is 18.3 Å². The summed E-state index contributed by atoms with van der Waals surface area (Å²) in [5, 5.41) is 131. The SMILES string of the molecule is NCC(O)C(O)C(O)C(O)C(=O)O.NC[C@H](O)[C@@H](O)[C@H](O)[C@@H](O)C(=O)O.NC[C@H](O)[C@H](O)[C@H](O)[C@H](O)C(=O)O. The summed E-state index contributed by atoms with van der Waals surface area (Å²) in [5.41, 5.74) is 14.8. The van der Waals surface area contributed by atoms with Gasteiger partial charge in [-0.3, -0.25) is 0 Å². The first-order chi connectivity index (χ1) is 17.7. The highest BCUT2D eigenvalue weighted by molar-refractivity contribution is 5.73. The molecule has 12 atom stereocenters. The Kier molecular flexibility index (Phi) is 21.9. The maximum Gasteiger partial charge on any atom is 0.335 e. The van der Waals surface area contributed by atoms with Gasteiger partial charge in [0.2, 0.25) is 0 Å². The van der Waals surface area contributed by atoms with Gasteiger partial charge in [-0.15, -0.1) is 0 Å². The van der Waals surface area contributed by atoms with Crippen LogP contribution in [0.15, 0.2) is 0 Å². The number of aliphatic hydroxyl groups is 12. The van der Waals surface area contributed by atoms with Crippen LogP contribution in [0.5, 0.6) is 0 Å². The molecular weight excluding hydrogens is 546 g/mol. The molecule has 0 fully saturated rings. The third-order valence-corrected chi connectivity index (χ3v) is 4.69. The highest BCUT2D eigenvalue weighted by atomic mass is 16.4. The second-order valence-electron chi connectivity index (χ2n) is 7.70. The average Bonchev–Trinajstić information content (AvgIpc) is 2.92. The normalized spacial score (nSPS) is 20.4. The number of aliphatic carboxylic acids is 3. The van der Waals surface area contributed by atoms with Crippen LogP contribution in [0, 0.1) is 0 Å². The maximum atomic E-state index is 10.1. The van der Waals surface area contributed by atoms with E-state index in [1.54, 1.807) is 0 Å². The van der Waals surface area contributed by atoms with Crippen LogP contribution < -0.4 is 17.2 Å². The third-order valence-electron chi connectivity index (χ3n) is 4.69. The Balaban J connectivity index is -0.000000498. The Morgan fingerprint density at radius 1 is 0.385 bits per heavy atom. The molecule has 0 heterocycles. The van der Waals surface area contributed by atoms with Gasteiger partial charge in [-0.05, 0) is 0 Å². The molecule has 0 saturated carbocycles. The van der Waals surface area contributed by atoms with Crippen LogP contribution in [-0.2, 0) is 14.4 Å². The number of nitrogens with two attached hydrogens (primary N) is 3. The molecule has 0 bridgehead atoms. The molecule has 0 amide bonds. The summed E-state index contributed by atoms with van der Waals surface area (Å²) in [6.45, 7) is -1.03. The fourth-order valence-electron chi connectivity index (χ4n) is 2.10. The Morgan fingerprint density at radius 2 is 0.538 bits per heavy atom. The zero-order valence-electron chi connectivity index (χ0n) is 20.2. The standard InChI is InChI=1S/3C6H13NO6/c3*7-1-2(8)3(9)4(10)5(11)6(12)13/h3*2-5,8-11H,1,7H2,(H,12,13)/t2-,3+,4-,5+;2-,3-,4-,5-;/m00./s1. The lowest BCUT2D eigenvalue weighted by Crippen LogP contribution is -2.49. The van der Waals surface area contributed by atoms with Crippen molar-refractivity contribution in [2.75, 3.05) is 19.6 Å². The molecule has 0 rings (SSSR count). The molecule has 39 heavy (non-hydrogen) atoms. The molecule has 21 nitrogen and oxygen atoms in total. The van der Waals surface area contributed by atoms with Crippen molar-refractivity contribution in [3.63, 3.8) is 0 Å². The molecule has 0 aliphatic carbocycles. The highest BCUT2D eigenvalue weighted by Gasteiger charge is 2.35. The van der Waals surface area contributed by atoms with Crippen molar-refractivity contribution in [1.29, 1.82) is 0 Å². The first-order valence-corrected chi connectivity index (χ1v) is 10.7. The van der Waals surface area contributed by atoms with Gasteiger partial charge in [-0.2, -0.15) is 0 Å². The Morgan fingerprint density at radius 3 is 0.641 bits per heavy atom. The Hall–Kier alpha value is -2.19. The van der Waals surface area contributed by atoms with E-state index in [-0.39, 0.29) is 19.6 Å². The van der Waals surface area contributed by atoms with Crippen molar-refractivity contribution in [3.05, 3.63) is 0 Å². The molecule has 0 aromatic rings. The van der Waals surface area contributed by atoms with Gasteiger partial charge in [0.1, 0.15) is 36.6 Å². The van der Waals surface area contributed by atoms with Gasteiger partial charge >= 0.3 is 17.9 Å². The van der Waals surface area contributed by atoms with E-state index >= 15 is 0 Å². The number of carboxylic acid groups (broad SMARTS) is 3. The minimum atomic E-state index is -2.14. The number of carboxylic acids is 3. The number of carbonyl (C=O) groups is 3. The van der Waals surface area contributed by atoms with E-state index in [1.807, 2.05) is 0 Å². The van der Waals surface area contributed by atoms with Crippen LogP contribution in [0.25, 0.3) is 0 Å². The van der Waals surface area contributed by atoms with E-state index in [0.717, 1.165) is 0 Å². The van der Waals surface area contributed by atoms with Crippen molar-refractivity contribution in [1.82, 2.24) is 0 Å². The summed E-state index contributed by atoms with van der Waals surface area (Å²) in [5.74, 6) is -5.05. The largest absolute Gasteiger partial charge is 0.479 e. The lowest BCUT2D eigenvalue weighted by atomic mass is 10.0. The zero-order chi connectivity index (χ0) is 31.8. The molecule has 0 aliphatic rings. The molecule has 21 N–H and O–H groups in total. The minimum Gasteiger partial charge on any atom is -0.479 e. The molecule has 0 radical (unpaired) electrons. The van der Waals surface area contributed by atoms with Crippen LogP contribution in [0.3, 0.4) is 0 Å². The fourth-order valence-corrected chi connectivity index (χ4v) is 2.10. The summed E-state index contributed by atoms with van der Waals surface area (Å²) in [6, 6.07) is 0. The van der Waals surface area contributed by atoms with E-state index in [9.17, 15) is 14.4 Å². The molecule has 0 saturated heterocycles. The average molecular weight is 586 g/mol. The monoisotopic (exact) mass is 585 g/mol. The van der Waals surface area contributed by atoms with E-state index < -0.39 is 91.2 Å². The van der Waals surface area contributed by atoms with E-state index in [4.69, 9.17) is 93.8 Å². The molecule has 234 valence electrons. The van der Waals surface area contributed by atoms with Crippen molar-refractivity contribution in [2.24, 2.45) is 17.2 Å². The van der Waals surface area contributed by atoms with Gasteiger partial charge in [-0.1, -0.05) is 0 Å². The van der Waals surface area contributed by atoms with Crippen LogP contribution in [0.1, 0.15) is 0 Å². The Bertz CT molecular complexity index is 614. The number of hydrogen-bond acceptors (Lipinski definition) is 18. The summed E-state index contributed by atoms with van der Waals surface area (Å²) in [7, 11) is 0. The van der Waals surface area contributed by atoms with Crippen LogP contribution in [-0.4, -0.2) is 187 Å². The quantitative estimate of drug-likeness (QED) is 0.0847. The number of aliphatic hydroxyl groups excluding tert-OH is 12. The fraction of sp³-hybridized carbons (Fsp3) is 0.833. The van der Waals surface area contributed by atoms with Crippen LogP contribution in [0.4, 0.5) is 0 Å². The molecule has 4 unspecified atom stereocenters. The Labute approximate surface area is 219 Å². The zero-order valence-corrected chi connectivity index (χ0v) is 20.2. The highest BCUT2D eigenvalue weighted by Crippen LogP contribution is 2.06.